The van der Waals surface area contributed by atoms with Crippen molar-refractivity contribution in [2.24, 2.45) is 30.7 Å². The number of carbonyl (C=O) groups is 2. The summed E-state index contributed by atoms with van der Waals surface area (Å²) in [6, 6.07) is 3.36. The van der Waals surface area contributed by atoms with Crippen LogP contribution in [0.4, 0.5) is 18.4 Å². The number of hydrogen-bond donors (Lipinski definition) is 1. The Morgan fingerprint density at radius 3 is 1.90 bits per heavy atom. The number of rotatable bonds is 7. The molecule has 0 saturated heterocycles. The van der Waals surface area contributed by atoms with Gasteiger partial charge in [-0.2, -0.15) is 30.7 Å². The number of halogens is 2. The third-order valence-electron chi connectivity index (χ3n) is 6.83. The van der Waals surface area contributed by atoms with E-state index in [-0.39, 0.29) is 25.2 Å². The van der Waals surface area contributed by atoms with Gasteiger partial charge < -0.3 is 9.68 Å². The van der Waals surface area contributed by atoms with Crippen LogP contribution in [0.1, 0.15) is 51.7 Å². The highest BCUT2D eigenvalue weighted by Crippen LogP contribution is 2.25. The van der Waals surface area contributed by atoms with Gasteiger partial charge in [0.1, 0.15) is 52.2 Å². The second kappa shape index (κ2) is 14.3. The first-order valence-electron chi connectivity index (χ1n) is 14.8. The van der Waals surface area contributed by atoms with E-state index in [2.05, 4.69) is 46.1 Å². The van der Waals surface area contributed by atoms with E-state index in [1.807, 2.05) is 33.8 Å². The fraction of sp³-hybridized carbons (Fsp3) is 0.367. The number of hydrogen-bond acceptors (Lipinski definition) is 13. The van der Waals surface area contributed by atoms with E-state index in [0.29, 0.717) is 46.8 Å². The zero-order chi connectivity index (χ0) is 35.2. The normalized spacial score (nSPS) is 19.7. The number of hydrazone groups is 4. The molecule has 4 aliphatic heterocycles. The Morgan fingerprint density at radius 1 is 0.857 bits per heavy atom. The van der Waals surface area contributed by atoms with Gasteiger partial charge in [0, 0.05) is 36.4 Å². The number of urea groups is 2. The van der Waals surface area contributed by atoms with E-state index in [0.717, 1.165) is 22.4 Å². The van der Waals surface area contributed by atoms with E-state index in [1.54, 1.807) is 0 Å². The summed E-state index contributed by atoms with van der Waals surface area (Å²) in [4.78, 5) is 42.3. The molecular formula is C30H31F2N13O4. The average Bonchev–Trinajstić information content (AvgIpc) is 3.62. The van der Waals surface area contributed by atoms with Crippen LogP contribution >= 0.6 is 0 Å². The number of amides is 4. The molecule has 0 aliphatic carbocycles. The van der Waals surface area contributed by atoms with Gasteiger partial charge in [0.25, 0.3) is 0 Å². The maximum atomic E-state index is 13.2. The summed E-state index contributed by atoms with van der Waals surface area (Å²) in [6.45, 7) is 7.60. The summed E-state index contributed by atoms with van der Waals surface area (Å²) >= 11 is 0. The lowest BCUT2D eigenvalue weighted by Crippen LogP contribution is -2.47. The van der Waals surface area contributed by atoms with Crippen LogP contribution < -0.4 is 5.43 Å². The zero-order valence-corrected chi connectivity index (χ0v) is 26.9. The van der Waals surface area contributed by atoms with Crippen molar-refractivity contribution in [3.05, 3.63) is 59.7 Å². The summed E-state index contributed by atoms with van der Waals surface area (Å²) < 4.78 is 26.3. The van der Waals surface area contributed by atoms with Gasteiger partial charge >= 0.3 is 12.1 Å². The molecule has 254 valence electrons. The van der Waals surface area contributed by atoms with Crippen molar-refractivity contribution in [3.63, 3.8) is 0 Å². The smallest absolute Gasteiger partial charge is 0.362 e. The first-order chi connectivity index (χ1) is 23.3. The quantitative estimate of drug-likeness (QED) is 0.343. The zero-order valence-electron chi connectivity index (χ0n) is 26.9. The van der Waals surface area contributed by atoms with Crippen molar-refractivity contribution < 1.29 is 28.0 Å². The van der Waals surface area contributed by atoms with Crippen molar-refractivity contribution in [1.29, 1.82) is 5.26 Å². The summed E-state index contributed by atoms with van der Waals surface area (Å²) in [7, 11) is 0. The predicted molar refractivity (Wildman–Crippen MR) is 173 cm³/mol. The molecule has 49 heavy (non-hydrogen) atoms. The first-order valence-corrected chi connectivity index (χ1v) is 14.8. The summed E-state index contributed by atoms with van der Waals surface area (Å²) in [5.74, 6) is -0.981. The second-order valence-corrected chi connectivity index (χ2v) is 12.1. The summed E-state index contributed by atoms with van der Waals surface area (Å²) in [5, 5.41) is 36.6. The van der Waals surface area contributed by atoms with Gasteiger partial charge in [-0.15, -0.1) is 0 Å². The molecule has 2 aromatic heterocycles. The summed E-state index contributed by atoms with van der Waals surface area (Å²) in [5.41, 5.74) is 4.70. The van der Waals surface area contributed by atoms with E-state index < -0.39 is 29.3 Å². The highest BCUT2D eigenvalue weighted by molar-refractivity contribution is 6.44. The van der Waals surface area contributed by atoms with Gasteiger partial charge in [-0.05, 0) is 39.8 Å². The first kappa shape index (κ1) is 34.2. The molecule has 19 heteroatoms. The van der Waals surface area contributed by atoms with Gasteiger partial charge in [-0.3, -0.25) is 9.97 Å². The van der Waals surface area contributed by atoms with Crippen LogP contribution in [0.15, 0.2) is 67.6 Å². The monoisotopic (exact) mass is 675 g/mol. The fourth-order valence-corrected chi connectivity index (χ4v) is 4.52. The molecule has 2 aromatic rings. The Kier molecular flexibility index (Phi) is 9.96. The van der Waals surface area contributed by atoms with Crippen molar-refractivity contribution in [3.8, 4) is 6.07 Å². The molecule has 4 aliphatic rings. The Bertz CT molecular complexity index is 1850. The van der Waals surface area contributed by atoms with Crippen LogP contribution in [-0.4, -0.2) is 103 Å². The molecule has 4 amide bonds. The van der Waals surface area contributed by atoms with Gasteiger partial charge in [0.15, 0.2) is 0 Å². The Hall–Kier alpha value is -6.19. The van der Waals surface area contributed by atoms with Gasteiger partial charge in [0.2, 0.25) is 0 Å². The lowest BCUT2D eigenvalue weighted by Gasteiger charge is -2.28. The average molecular weight is 676 g/mol. The van der Waals surface area contributed by atoms with Crippen LogP contribution in [0.3, 0.4) is 0 Å². The number of nitrogens with zero attached hydrogens (tertiary/aromatic N) is 12. The maximum Gasteiger partial charge on any atom is 0.362 e. The Labute approximate surface area is 278 Å². The van der Waals surface area contributed by atoms with Crippen LogP contribution in [0, 0.1) is 23.0 Å². The summed E-state index contributed by atoms with van der Waals surface area (Å²) in [6.07, 6.45) is 8.81. The van der Waals surface area contributed by atoms with Crippen LogP contribution in [-0.2, 0) is 9.68 Å². The fourth-order valence-electron chi connectivity index (χ4n) is 4.52. The minimum absolute atomic E-state index is 0.0677. The van der Waals surface area contributed by atoms with Crippen molar-refractivity contribution in [1.82, 2.24) is 30.4 Å². The number of oxime groups is 2. The predicted octanol–water partition coefficient (Wildman–Crippen LogP) is 3.22. The lowest BCUT2D eigenvalue weighted by atomic mass is 10.00. The molecule has 0 fully saturated rings. The van der Waals surface area contributed by atoms with Crippen molar-refractivity contribution in [2.75, 3.05) is 19.6 Å². The highest BCUT2D eigenvalue weighted by atomic mass is 19.1. The Morgan fingerprint density at radius 2 is 1.39 bits per heavy atom. The van der Waals surface area contributed by atoms with Gasteiger partial charge in [-0.25, -0.2) is 33.8 Å². The number of nitriles is 1. The largest absolute Gasteiger partial charge is 0.389 e. The minimum atomic E-state index is -0.560. The number of carbonyl (C=O) groups excluding carboxylic acids is 2. The molecule has 0 radical (unpaired) electrons. The molecule has 0 aromatic carbocycles. The lowest BCUT2D eigenvalue weighted by molar-refractivity contribution is 0.0120. The number of aromatic nitrogens is 2. The third kappa shape index (κ3) is 9.00. The molecule has 17 nitrogen and oxygen atoms in total. The van der Waals surface area contributed by atoms with Gasteiger partial charge in [0.05, 0.1) is 44.0 Å². The van der Waals surface area contributed by atoms with E-state index >= 15 is 0 Å². The molecule has 0 bridgehead atoms. The standard InChI is InChI=1S/C16H16FN7O2.C14H15FN6O2/c1-16(2)6-13(22-26-16)14-10-24(15(25)23(21-14)4-3-18)20-8-11-5-12(17)9-19-7-11;1-14(2)4-11(20-23-14)12-8-21(13(22)19-18-12)17-6-9-3-10(15)7-16-5-9/h5,7-9H,4,6,10H2,1-2H3;3,5-7H,4,8H2,1-2H3,(H,19,22)/b20-8+;17-6+. The minimum Gasteiger partial charge on any atom is -0.389 e. The number of pyridine rings is 2. The Balaban J connectivity index is 0.000000192. The topological polar surface area (TPSA) is 198 Å². The SMILES string of the molecule is CC1(C)CC(C2=NN(CC#N)C(=O)N(/N=C/c3cncc(F)c3)C2)=NO1.CC1(C)CC(C2=NNC(=O)N(/N=C/c3cncc(F)c3)C2)=NO1. The molecular weight excluding hydrogens is 644 g/mol. The second-order valence-electron chi connectivity index (χ2n) is 12.1. The van der Waals surface area contributed by atoms with Crippen LogP contribution in [0.5, 0.6) is 0 Å². The molecule has 6 rings (SSSR count). The molecule has 0 spiro atoms. The van der Waals surface area contributed by atoms with E-state index in [1.165, 1.54) is 42.0 Å². The van der Waals surface area contributed by atoms with Crippen molar-refractivity contribution >= 4 is 47.3 Å². The molecule has 0 unspecified atom stereocenters. The molecule has 6 heterocycles. The number of nitrogens with one attached hydrogen (secondary N) is 1. The van der Waals surface area contributed by atoms with Crippen LogP contribution in [0.25, 0.3) is 0 Å². The van der Waals surface area contributed by atoms with Crippen LogP contribution in [0.2, 0.25) is 0 Å². The van der Waals surface area contributed by atoms with Gasteiger partial charge in [-0.1, -0.05) is 10.3 Å². The maximum absolute atomic E-state index is 13.2. The van der Waals surface area contributed by atoms with Crippen molar-refractivity contribution in [2.45, 2.75) is 51.7 Å². The molecule has 0 atom stereocenters. The third-order valence-corrected chi connectivity index (χ3v) is 6.83. The molecule has 1 N–H and O–H groups in total. The van der Waals surface area contributed by atoms with E-state index in [9.17, 15) is 18.4 Å². The molecule has 0 saturated carbocycles. The highest BCUT2D eigenvalue weighted by Gasteiger charge is 2.37. The van der Waals surface area contributed by atoms with E-state index in [4.69, 9.17) is 14.9 Å².